The molecule has 0 spiro atoms. The molecule has 0 aliphatic carbocycles. The second-order valence-corrected chi connectivity index (χ2v) is 6.43. The van der Waals surface area contributed by atoms with Gasteiger partial charge in [-0.25, -0.2) is 8.42 Å². The van der Waals surface area contributed by atoms with E-state index < -0.39 is 22.0 Å². The zero-order valence-corrected chi connectivity index (χ0v) is 13.7. The Balaban J connectivity index is 2.86. The van der Waals surface area contributed by atoms with Crippen molar-refractivity contribution in [2.24, 2.45) is 0 Å². The van der Waals surface area contributed by atoms with Crippen LogP contribution in [0.1, 0.15) is 19.4 Å². The number of carbonyl (C=O) groups excluding carboxylic acids is 1. The van der Waals surface area contributed by atoms with Gasteiger partial charge in [-0.1, -0.05) is 0 Å². The quantitative estimate of drug-likeness (QED) is 0.630. The van der Waals surface area contributed by atoms with Crippen LogP contribution >= 0.6 is 0 Å². The summed E-state index contributed by atoms with van der Waals surface area (Å²) in [5.74, 6) is 0.121. The van der Waals surface area contributed by atoms with Gasteiger partial charge in [-0.15, -0.1) is 0 Å². The molecule has 0 saturated heterocycles. The van der Waals surface area contributed by atoms with Gasteiger partial charge in [-0.2, -0.15) is 4.72 Å². The molecular formula is C14H22N2O5S. The number of aryl methyl sites for hydroxylation is 1. The van der Waals surface area contributed by atoms with Crippen LogP contribution < -0.4 is 14.8 Å². The Hall–Kier alpha value is -1.64. The maximum absolute atomic E-state index is 12.3. The Kier molecular flexibility index (Phi) is 6.79. The summed E-state index contributed by atoms with van der Waals surface area (Å²) >= 11 is 0. The summed E-state index contributed by atoms with van der Waals surface area (Å²) in [5, 5.41) is 11.0. The third-order valence-electron chi connectivity index (χ3n) is 2.89. The molecule has 0 radical (unpaired) electrons. The van der Waals surface area contributed by atoms with Crippen LogP contribution in [0.5, 0.6) is 5.75 Å². The van der Waals surface area contributed by atoms with Crippen LogP contribution in [0.4, 0.5) is 0 Å². The van der Waals surface area contributed by atoms with Crippen LogP contribution in [0.15, 0.2) is 23.1 Å². The number of hydrogen-bond donors (Lipinski definition) is 3. The number of aliphatic hydroxyl groups is 1. The van der Waals surface area contributed by atoms with E-state index in [1.807, 2.05) is 6.92 Å². The minimum Gasteiger partial charge on any atom is -0.494 e. The monoisotopic (exact) mass is 330 g/mol. The molecular weight excluding hydrogens is 308 g/mol. The predicted molar refractivity (Wildman–Crippen MR) is 82.2 cm³/mol. The highest BCUT2D eigenvalue weighted by Crippen LogP contribution is 2.21. The number of ether oxygens (including phenoxy) is 1. The van der Waals surface area contributed by atoms with Crippen LogP contribution in [0.25, 0.3) is 0 Å². The Bertz CT molecular complexity index is 616. The molecule has 124 valence electrons. The maximum atomic E-state index is 12.3. The second kappa shape index (κ2) is 8.11. The van der Waals surface area contributed by atoms with Crippen molar-refractivity contribution in [2.75, 3.05) is 19.8 Å². The van der Waals surface area contributed by atoms with Crippen molar-refractivity contribution in [3.05, 3.63) is 23.8 Å². The van der Waals surface area contributed by atoms with E-state index in [0.29, 0.717) is 17.9 Å². The van der Waals surface area contributed by atoms with Crippen molar-refractivity contribution in [1.29, 1.82) is 0 Å². The topological polar surface area (TPSA) is 105 Å². The van der Waals surface area contributed by atoms with E-state index in [1.165, 1.54) is 19.1 Å². The summed E-state index contributed by atoms with van der Waals surface area (Å²) in [7, 11) is -3.81. The molecule has 7 nitrogen and oxygen atoms in total. The molecule has 0 bridgehead atoms. The van der Waals surface area contributed by atoms with Gasteiger partial charge in [0.15, 0.2) is 0 Å². The van der Waals surface area contributed by atoms with Crippen molar-refractivity contribution in [3.63, 3.8) is 0 Å². The normalized spacial score (nSPS) is 12.7. The third-order valence-corrected chi connectivity index (χ3v) is 4.43. The van der Waals surface area contributed by atoms with Gasteiger partial charge >= 0.3 is 0 Å². The molecule has 0 saturated carbocycles. The number of nitrogens with one attached hydrogen (secondary N) is 2. The molecule has 0 unspecified atom stereocenters. The third kappa shape index (κ3) is 4.97. The Labute approximate surface area is 130 Å². The van der Waals surface area contributed by atoms with Crippen LogP contribution in [-0.4, -0.2) is 45.2 Å². The molecule has 0 aliphatic rings. The fraction of sp³-hybridized carbons (Fsp3) is 0.500. The first-order chi connectivity index (χ1) is 10.3. The van der Waals surface area contributed by atoms with E-state index >= 15 is 0 Å². The number of rotatable bonds is 8. The first-order valence-electron chi connectivity index (χ1n) is 6.96. The van der Waals surface area contributed by atoms with Gasteiger partial charge < -0.3 is 15.2 Å². The molecule has 1 amide bonds. The van der Waals surface area contributed by atoms with Crippen molar-refractivity contribution in [2.45, 2.75) is 31.7 Å². The molecule has 0 fully saturated rings. The van der Waals surface area contributed by atoms with Crippen LogP contribution in [0.3, 0.4) is 0 Å². The number of sulfonamides is 1. The van der Waals surface area contributed by atoms with Crippen molar-refractivity contribution in [3.8, 4) is 5.75 Å². The molecule has 0 heterocycles. The van der Waals surface area contributed by atoms with Gasteiger partial charge in [0.25, 0.3) is 0 Å². The number of carbonyl (C=O) groups is 1. The summed E-state index contributed by atoms with van der Waals surface area (Å²) in [5.41, 5.74) is 0.696. The van der Waals surface area contributed by atoms with E-state index in [4.69, 9.17) is 9.84 Å². The summed E-state index contributed by atoms with van der Waals surface area (Å²) in [6.07, 6.45) is 0. The van der Waals surface area contributed by atoms with E-state index in [-0.39, 0.29) is 18.0 Å². The fourth-order valence-electron chi connectivity index (χ4n) is 1.79. The fourth-order valence-corrected chi connectivity index (χ4v) is 3.08. The summed E-state index contributed by atoms with van der Waals surface area (Å²) in [6.45, 7) is 5.40. The zero-order valence-electron chi connectivity index (χ0n) is 12.9. The molecule has 1 atom stereocenters. The van der Waals surface area contributed by atoms with Gasteiger partial charge in [-0.3, -0.25) is 4.79 Å². The van der Waals surface area contributed by atoms with Crippen LogP contribution in [0.2, 0.25) is 0 Å². The Morgan fingerprint density at radius 3 is 2.64 bits per heavy atom. The van der Waals surface area contributed by atoms with Gasteiger partial charge in [0.05, 0.1) is 24.2 Å². The molecule has 1 aromatic carbocycles. The first kappa shape index (κ1) is 18.4. The lowest BCUT2D eigenvalue weighted by Crippen LogP contribution is -2.45. The highest BCUT2D eigenvalue weighted by atomic mass is 32.2. The largest absolute Gasteiger partial charge is 0.494 e. The summed E-state index contributed by atoms with van der Waals surface area (Å²) in [6, 6.07) is 3.57. The average Bonchev–Trinajstić information content (AvgIpc) is 2.46. The number of aliphatic hydroxyl groups excluding tert-OH is 1. The van der Waals surface area contributed by atoms with E-state index in [0.717, 1.165) is 0 Å². The van der Waals surface area contributed by atoms with Gasteiger partial charge in [0.2, 0.25) is 15.9 Å². The minimum atomic E-state index is -3.81. The Morgan fingerprint density at radius 1 is 1.41 bits per heavy atom. The summed E-state index contributed by atoms with van der Waals surface area (Å²) in [4.78, 5) is 11.7. The van der Waals surface area contributed by atoms with Crippen LogP contribution in [-0.2, 0) is 14.8 Å². The molecule has 1 rings (SSSR count). The van der Waals surface area contributed by atoms with Gasteiger partial charge in [0, 0.05) is 6.54 Å². The van der Waals surface area contributed by atoms with Crippen molar-refractivity contribution in [1.82, 2.24) is 10.0 Å². The zero-order chi connectivity index (χ0) is 16.8. The van der Waals surface area contributed by atoms with Gasteiger partial charge in [-0.05, 0) is 44.5 Å². The predicted octanol–water partition coefficient (Wildman–Crippen LogP) is 0.169. The maximum Gasteiger partial charge on any atom is 0.241 e. The SMILES string of the molecule is CCOc1ccc(S(=O)(=O)N[C@H](C)C(=O)NCCO)cc1C. The highest BCUT2D eigenvalue weighted by Gasteiger charge is 2.22. The van der Waals surface area contributed by atoms with E-state index in [1.54, 1.807) is 13.0 Å². The molecule has 8 heteroatoms. The molecule has 3 N–H and O–H groups in total. The first-order valence-corrected chi connectivity index (χ1v) is 8.44. The number of benzene rings is 1. The molecule has 22 heavy (non-hydrogen) atoms. The lowest BCUT2D eigenvalue weighted by Gasteiger charge is -2.15. The average molecular weight is 330 g/mol. The van der Waals surface area contributed by atoms with Crippen molar-refractivity contribution < 1.29 is 23.1 Å². The van der Waals surface area contributed by atoms with Crippen LogP contribution in [0, 0.1) is 6.92 Å². The molecule has 0 aromatic heterocycles. The lowest BCUT2D eigenvalue weighted by atomic mass is 10.2. The molecule has 1 aromatic rings. The van der Waals surface area contributed by atoms with E-state index in [2.05, 4.69) is 10.0 Å². The highest BCUT2D eigenvalue weighted by molar-refractivity contribution is 7.89. The second-order valence-electron chi connectivity index (χ2n) is 4.72. The minimum absolute atomic E-state index is 0.0651. The molecule has 0 aliphatic heterocycles. The number of hydrogen-bond acceptors (Lipinski definition) is 5. The van der Waals surface area contributed by atoms with Gasteiger partial charge in [0.1, 0.15) is 5.75 Å². The Morgan fingerprint density at radius 2 is 2.09 bits per heavy atom. The van der Waals surface area contributed by atoms with E-state index in [9.17, 15) is 13.2 Å². The standard InChI is InChI=1S/C14H22N2O5S/c1-4-21-13-6-5-12(9-10(13)2)22(19,20)16-11(3)14(18)15-7-8-17/h5-6,9,11,16-17H,4,7-8H2,1-3H3,(H,15,18)/t11-/m1/s1. The lowest BCUT2D eigenvalue weighted by molar-refractivity contribution is -0.122. The number of amides is 1. The smallest absolute Gasteiger partial charge is 0.241 e. The van der Waals surface area contributed by atoms with Crippen molar-refractivity contribution >= 4 is 15.9 Å². The summed E-state index contributed by atoms with van der Waals surface area (Å²) < 4.78 is 32.2.